The van der Waals surface area contributed by atoms with Gasteiger partial charge in [-0.3, -0.25) is 0 Å². The quantitative estimate of drug-likeness (QED) is 0.168. The lowest BCUT2D eigenvalue weighted by molar-refractivity contribution is -0.141. The first-order valence-corrected chi connectivity index (χ1v) is 20.6. The molecule has 0 saturated carbocycles. The van der Waals surface area contributed by atoms with Gasteiger partial charge in [-0.25, -0.2) is 9.97 Å². The molecule has 1 unspecified atom stereocenters. The van der Waals surface area contributed by atoms with Crippen molar-refractivity contribution >= 4 is 46.4 Å². The monoisotopic (exact) mass is 786 g/mol. The summed E-state index contributed by atoms with van der Waals surface area (Å²) in [5.74, 6) is 0.171. The molecule has 7 nitrogen and oxygen atoms in total. The number of H-pyrrole nitrogens is 2. The van der Waals surface area contributed by atoms with Crippen LogP contribution in [0, 0.1) is 20.8 Å². The third-order valence-corrected chi connectivity index (χ3v) is 11.4. The van der Waals surface area contributed by atoms with Crippen LogP contribution in [0.1, 0.15) is 53.3 Å². The standard InChI is InChI=1S/C53H46N4O3/c1-32-6-12-35(13-7-32)49-41-22-24-43(54-41)50(36-14-8-33(2)9-15-36)45-26-28-47(56-45)52(38-18-20-39(21-19-38)58-30-40-31-59-53(4,5)60-40)48-29-27-46(57-48)51(44-25-23-42(49)55-44)37-16-10-34(3)11-17-37/h6-29,40,56-57H,30-31H2,1-5H3. The molecule has 3 aromatic heterocycles. The van der Waals surface area contributed by atoms with Crippen LogP contribution in [0.3, 0.4) is 0 Å². The van der Waals surface area contributed by atoms with Gasteiger partial charge < -0.3 is 24.2 Å². The van der Waals surface area contributed by atoms with Crippen LogP contribution in [0.2, 0.25) is 0 Å². The van der Waals surface area contributed by atoms with E-state index in [1.54, 1.807) is 0 Å². The molecule has 3 aliphatic rings. The van der Waals surface area contributed by atoms with E-state index in [-0.39, 0.29) is 6.10 Å². The van der Waals surface area contributed by atoms with Crippen molar-refractivity contribution in [2.45, 2.75) is 46.5 Å². The fourth-order valence-electron chi connectivity index (χ4n) is 8.33. The number of nitrogens with one attached hydrogen (secondary N) is 2. The van der Waals surface area contributed by atoms with Crippen LogP contribution in [-0.2, 0) is 9.47 Å². The normalized spacial score (nSPS) is 15.4. The van der Waals surface area contributed by atoms with Crippen LogP contribution < -0.4 is 4.74 Å². The summed E-state index contributed by atoms with van der Waals surface area (Å²) >= 11 is 0. The number of fused-ring (bicyclic) bond motifs is 8. The molecule has 8 bridgehead atoms. The second-order valence-electron chi connectivity index (χ2n) is 16.4. The Hall–Kier alpha value is -6.80. The topological polar surface area (TPSA) is 85.0 Å². The Bertz CT molecular complexity index is 2840. The molecule has 0 amide bonds. The number of nitrogens with zero attached hydrogens (tertiary/aromatic N) is 2. The number of rotatable bonds is 7. The molecular formula is C53H46N4O3. The zero-order valence-electron chi connectivity index (χ0n) is 34.5. The molecule has 2 N–H and O–H groups in total. The summed E-state index contributed by atoms with van der Waals surface area (Å²) in [6.07, 6.45) is 8.40. The second-order valence-corrected chi connectivity index (χ2v) is 16.4. The highest BCUT2D eigenvalue weighted by Gasteiger charge is 2.33. The van der Waals surface area contributed by atoms with Gasteiger partial charge in [0.2, 0.25) is 0 Å². The summed E-state index contributed by atoms with van der Waals surface area (Å²) in [6.45, 7) is 11.1. The summed E-state index contributed by atoms with van der Waals surface area (Å²) in [4.78, 5) is 18.6. The van der Waals surface area contributed by atoms with Gasteiger partial charge in [-0.2, -0.15) is 0 Å². The maximum absolute atomic E-state index is 6.20. The molecule has 3 aliphatic heterocycles. The molecule has 10 rings (SSSR count). The number of hydrogen-bond acceptors (Lipinski definition) is 5. The zero-order valence-corrected chi connectivity index (χ0v) is 34.5. The molecule has 1 saturated heterocycles. The van der Waals surface area contributed by atoms with E-state index in [4.69, 9.17) is 24.2 Å². The number of aromatic amines is 2. The number of hydrogen-bond donors (Lipinski definition) is 2. The van der Waals surface area contributed by atoms with E-state index in [0.29, 0.717) is 13.2 Å². The summed E-state index contributed by atoms with van der Waals surface area (Å²) in [5, 5.41) is 0. The highest BCUT2D eigenvalue weighted by atomic mass is 16.7. The van der Waals surface area contributed by atoms with Crippen LogP contribution in [0.15, 0.2) is 121 Å². The van der Waals surface area contributed by atoms with Gasteiger partial charge in [0.1, 0.15) is 18.5 Å². The average molecular weight is 787 g/mol. The van der Waals surface area contributed by atoms with E-state index < -0.39 is 5.79 Å². The van der Waals surface area contributed by atoms with E-state index in [1.807, 2.05) is 26.0 Å². The summed E-state index contributed by atoms with van der Waals surface area (Å²) in [6, 6.07) is 43.0. The first kappa shape index (κ1) is 37.5. The molecule has 6 heterocycles. The Morgan fingerprint density at radius 2 is 0.867 bits per heavy atom. The Balaban J connectivity index is 1.24. The smallest absolute Gasteiger partial charge is 0.163 e. The molecule has 296 valence electrons. The number of aryl methyl sites for hydroxylation is 3. The van der Waals surface area contributed by atoms with Crippen LogP contribution >= 0.6 is 0 Å². The number of benzene rings is 4. The van der Waals surface area contributed by atoms with Crippen molar-refractivity contribution in [1.82, 2.24) is 19.9 Å². The summed E-state index contributed by atoms with van der Waals surface area (Å²) in [5.41, 5.74) is 19.2. The maximum atomic E-state index is 6.20. The molecule has 7 aromatic rings. The van der Waals surface area contributed by atoms with Crippen LogP contribution in [0.4, 0.5) is 0 Å². The third-order valence-electron chi connectivity index (χ3n) is 11.4. The van der Waals surface area contributed by atoms with Crippen LogP contribution in [-0.4, -0.2) is 45.0 Å². The summed E-state index contributed by atoms with van der Waals surface area (Å²) in [7, 11) is 0. The number of ether oxygens (including phenoxy) is 3. The minimum Gasteiger partial charge on any atom is -0.491 e. The largest absolute Gasteiger partial charge is 0.491 e. The zero-order chi connectivity index (χ0) is 41.0. The molecule has 1 atom stereocenters. The Morgan fingerprint density at radius 1 is 0.500 bits per heavy atom. The molecule has 1 fully saturated rings. The predicted molar refractivity (Wildman–Crippen MR) is 245 cm³/mol. The van der Waals surface area contributed by atoms with Gasteiger partial charge >= 0.3 is 0 Å². The van der Waals surface area contributed by atoms with Gasteiger partial charge in [-0.1, -0.05) is 102 Å². The van der Waals surface area contributed by atoms with Gasteiger partial charge in [0.05, 0.1) is 29.4 Å². The molecule has 4 aromatic carbocycles. The van der Waals surface area contributed by atoms with Gasteiger partial charge in [-0.05, 0) is 118 Å². The van der Waals surface area contributed by atoms with Gasteiger partial charge in [0, 0.05) is 44.3 Å². The van der Waals surface area contributed by atoms with Gasteiger partial charge in [0.15, 0.2) is 5.79 Å². The highest BCUT2D eigenvalue weighted by Crippen LogP contribution is 2.39. The lowest BCUT2D eigenvalue weighted by Crippen LogP contribution is -2.25. The first-order chi connectivity index (χ1) is 29.1. The molecule has 60 heavy (non-hydrogen) atoms. The van der Waals surface area contributed by atoms with E-state index in [0.717, 1.165) is 95.1 Å². The Morgan fingerprint density at radius 3 is 1.28 bits per heavy atom. The molecule has 0 spiro atoms. The van der Waals surface area contributed by atoms with Crippen molar-refractivity contribution in [1.29, 1.82) is 0 Å². The van der Waals surface area contributed by atoms with Crippen molar-refractivity contribution in [3.63, 3.8) is 0 Å². The van der Waals surface area contributed by atoms with E-state index >= 15 is 0 Å². The van der Waals surface area contributed by atoms with E-state index in [1.165, 1.54) is 16.7 Å². The number of aromatic nitrogens is 4. The molecule has 7 heteroatoms. The third kappa shape index (κ3) is 7.27. The minimum absolute atomic E-state index is 0.122. The Kier molecular flexibility index (Phi) is 9.43. The van der Waals surface area contributed by atoms with E-state index in [9.17, 15) is 0 Å². The SMILES string of the molecule is Cc1ccc(-c2c3nc(c(-c4ccc(C)cc4)c4ccc([nH]4)c(-c4ccc(OCC5COC(C)(C)O5)cc4)c4ccc([nH]4)c(-c4ccc(C)cc4)c4nc2C=C4)C=C3)cc1. The lowest BCUT2D eigenvalue weighted by Gasteiger charge is -2.17. The summed E-state index contributed by atoms with van der Waals surface area (Å²) < 4.78 is 17.9. The molecular weight excluding hydrogens is 741 g/mol. The van der Waals surface area contributed by atoms with Crippen molar-refractivity contribution < 1.29 is 14.2 Å². The Labute approximate surface area is 350 Å². The predicted octanol–water partition coefficient (Wildman–Crippen LogP) is 12.8. The second kappa shape index (κ2) is 15.1. The van der Waals surface area contributed by atoms with Crippen LogP contribution in [0.5, 0.6) is 5.75 Å². The maximum Gasteiger partial charge on any atom is 0.163 e. The minimum atomic E-state index is -0.596. The molecule has 0 aliphatic carbocycles. The highest BCUT2D eigenvalue weighted by molar-refractivity contribution is 6.00. The fraction of sp³-hybridized carbons (Fsp3) is 0.170. The van der Waals surface area contributed by atoms with Crippen molar-refractivity contribution in [3.8, 4) is 50.3 Å². The van der Waals surface area contributed by atoms with Gasteiger partial charge in [-0.15, -0.1) is 0 Å². The van der Waals surface area contributed by atoms with E-state index in [2.05, 4.69) is 164 Å². The van der Waals surface area contributed by atoms with Gasteiger partial charge in [0.25, 0.3) is 0 Å². The first-order valence-electron chi connectivity index (χ1n) is 20.6. The van der Waals surface area contributed by atoms with Crippen molar-refractivity contribution in [2.75, 3.05) is 13.2 Å². The average Bonchev–Trinajstić information content (AvgIpc) is 4.11. The van der Waals surface area contributed by atoms with Crippen molar-refractivity contribution in [2.24, 2.45) is 0 Å². The van der Waals surface area contributed by atoms with Crippen LogP contribution in [0.25, 0.3) is 90.9 Å². The fourth-order valence-corrected chi connectivity index (χ4v) is 8.33. The molecule has 0 radical (unpaired) electrons. The van der Waals surface area contributed by atoms with Crippen molar-refractivity contribution in [3.05, 3.63) is 161 Å². The lowest BCUT2D eigenvalue weighted by atomic mass is 10.0.